The van der Waals surface area contributed by atoms with Gasteiger partial charge in [0, 0.05) is 6.20 Å². The zero-order chi connectivity index (χ0) is 10.1. The first kappa shape index (κ1) is 9.15. The zero-order valence-electron chi connectivity index (χ0n) is 7.87. The van der Waals surface area contributed by atoms with Gasteiger partial charge in [-0.1, -0.05) is 6.07 Å². The van der Waals surface area contributed by atoms with Crippen LogP contribution in [0.5, 0.6) is 0 Å². The van der Waals surface area contributed by atoms with E-state index >= 15 is 0 Å². The fourth-order valence-electron chi connectivity index (χ4n) is 1.30. The fraction of sp³-hybridized carbons (Fsp3) is 0.222. The van der Waals surface area contributed by atoms with Crippen molar-refractivity contribution in [3.8, 4) is 11.5 Å². The minimum atomic E-state index is 0.279. The minimum absolute atomic E-state index is 0.279. The molecule has 0 aromatic carbocycles. The summed E-state index contributed by atoms with van der Waals surface area (Å²) in [6.07, 6.45) is 1.78. The van der Waals surface area contributed by atoms with Gasteiger partial charge < -0.3 is 0 Å². The van der Waals surface area contributed by atoms with Gasteiger partial charge in [0.05, 0.1) is 0 Å². The number of hydrogen-bond acceptors (Lipinski definition) is 3. The number of rotatable bonds is 1. The smallest absolute Gasteiger partial charge is 0.218 e. The Hall–Kier alpha value is -1.42. The molecule has 0 aliphatic rings. The van der Waals surface area contributed by atoms with Crippen LogP contribution in [-0.2, 0) is 0 Å². The first-order valence-electron chi connectivity index (χ1n) is 4.18. The van der Waals surface area contributed by atoms with E-state index in [4.69, 9.17) is 11.6 Å². The topological polar surface area (TPSA) is 54.5 Å². The Bertz CT molecular complexity index is 464. The largest absolute Gasteiger partial charge is 0.252 e. The molecule has 0 amide bonds. The molecule has 2 aromatic rings. The van der Waals surface area contributed by atoms with Crippen LogP contribution in [0.2, 0.25) is 5.28 Å². The van der Waals surface area contributed by atoms with Gasteiger partial charge in [-0.25, -0.2) is 5.10 Å². The van der Waals surface area contributed by atoms with Crippen molar-refractivity contribution in [2.24, 2.45) is 0 Å². The Morgan fingerprint density at radius 3 is 2.71 bits per heavy atom. The third kappa shape index (κ3) is 1.61. The van der Waals surface area contributed by atoms with Gasteiger partial charge in [-0.3, -0.25) is 4.98 Å². The molecule has 2 rings (SSSR count). The molecule has 0 aliphatic heterocycles. The van der Waals surface area contributed by atoms with Crippen LogP contribution >= 0.6 is 11.6 Å². The second kappa shape index (κ2) is 3.38. The van der Waals surface area contributed by atoms with E-state index in [0.717, 1.165) is 16.8 Å². The van der Waals surface area contributed by atoms with Gasteiger partial charge in [0.25, 0.3) is 0 Å². The number of nitrogens with zero attached hydrogens (tertiary/aromatic N) is 3. The molecule has 14 heavy (non-hydrogen) atoms. The van der Waals surface area contributed by atoms with Crippen molar-refractivity contribution >= 4 is 11.6 Å². The molecule has 0 atom stereocenters. The Kier molecular flexibility index (Phi) is 2.21. The SMILES string of the molecule is Cc1cnc(-c2n[nH]c(Cl)n2)c(C)c1. The van der Waals surface area contributed by atoms with Crippen LogP contribution in [0.25, 0.3) is 11.5 Å². The highest BCUT2D eigenvalue weighted by molar-refractivity contribution is 6.28. The zero-order valence-corrected chi connectivity index (χ0v) is 8.63. The summed E-state index contributed by atoms with van der Waals surface area (Å²) >= 11 is 5.64. The number of nitrogens with one attached hydrogen (secondary N) is 1. The Balaban J connectivity index is 2.52. The predicted molar refractivity (Wildman–Crippen MR) is 54.1 cm³/mol. The maximum absolute atomic E-state index is 5.64. The molecule has 1 N–H and O–H groups in total. The summed E-state index contributed by atoms with van der Waals surface area (Å²) in [6, 6.07) is 2.03. The molecular formula is C9H9ClN4. The molecule has 4 nitrogen and oxygen atoms in total. The van der Waals surface area contributed by atoms with Gasteiger partial charge in [0.15, 0.2) is 0 Å². The highest BCUT2D eigenvalue weighted by atomic mass is 35.5. The van der Waals surface area contributed by atoms with Crippen molar-refractivity contribution in [2.45, 2.75) is 13.8 Å². The Labute approximate surface area is 86.4 Å². The van der Waals surface area contributed by atoms with Crippen molar-refractivity contribution in [3.63, 3.8) is 0 Å². The van der Waals surface area contributed by atoms with Crippen LogP contribution in [0.1, 0.15) is 11.1 Å². The number of aryl methyl sites for hydroxylation is 2. The Morgan fingerprint density at radius 2 is 2.14 bits per heavy atom. The predicted octanol–water partition coefficient (Wildman–Crippen LogP) is 2.14. The summed E-state index contributed by atoms with van der Waals surface area (Å²) < 4.78 is 0. The average molecular weight is 209 g/mol. The van der Waals surface area contributed by atoms with Crippen molar-refractivity contribution in [1.82, 2.24) is 20.2 Å². The molecular weight excluding hydrogens is 200 g/mol. The molecule has 2 heterocycles. The minimum Gasteiger partial charge on any atom is -0.252 e. The molecule has 5 heteroatoms. The van der Waals surface area contributed by atoms with Crippen molar-refractivity contribution in [1.29, 1.82) is 0 Å². The number of hydrogen-bond donors (Lipinski definition) is 1. The number of aromatic nitrogens is 4. The summed E-state index contributed by atoms with van der Waals surface area (Å²) in [6.45, 7) is 3.97. The lowest BCUT2D eigenvalue weighted by molar-refractivity contribution is 1.08. The van der Waals surface area contributed by atoms with E-state index < -0.39 is 0 Å². The van der Waals surface area contributed by atoms with Gasteiger partial charge in [-0.2, -0.15) is 10.1 Å². The van der Waals surface area contributed by atoms with Gasteiger partial charge in [-0.05, 0) is 36.6 Å². The van der Waals surface area contributed by atoms with Crippen LogP contribution in [0, 0.1) is 13.8 Å². The molecule has 0 saturated carbocycles. The van der Waals surface area contributed by atoms with E-state index in [9.17, 15) is 0 Å². The van der Waals surface area contributed by atoms with Crippen molar-refractivity contribution in [2.75, 3.05) is 0 Å². The highest BCUT2D eigenvalue weighted by Crippen LogP contribution is 2.18. The van der Waals surface area contributed by atoms with E-state index in [0.29, 0.717) is 5.82 Å². The second-order valence-corrected chi connectivity index (χ2v) is 3.49. The van der Waals surface area contributed by atoms with Crippen LogP contribution in [0.15, 0.2) is 12.3 Å². The lowest BCUT2D eigenvalue weighted by Gasteiger charge is -2.00. The molecule has 0 radical (unpaired) electrons. The number of aromatic amines is 1. The quantitative estimate of drug-likeness (QED) is 0.781. The maximum Gasteiger partial charge on any atom is 0.218 e. The van der Waals surface area contributed by atoms with Crippen LogP contribution in [0.4, 0.5) is 0 Å². The van der Waals surface area contributed by atoms with E-state index in [1.54, 1.807) is 6.20 Å². The third-order valence-electron chi connectivity index (χ3n) is 1.88. The van der Waals surface area contributed by atoms with Crippen molar-refractivity contribution < 1.29 is 0 Å². The molecule has 0 fully saturated rings. The van der Waals surface area contributed by atoms with E-state index in [2.05, 4.69) is 20.2 Å². The van der Waals surface area contributed by atoms with E-state index in [-0.39, 0.29) is 5.28 Å². The van der Waals surface area contributed by atoms with Gasteiger partial charge in [0.1, 0.15) is 5.69 Å². The van der Waals surface area contributed by atoms with E-state index in [1.165, 1.54) is 0 Å². The lowest BCUT2D eigenvalue weighted by Crippen LogP contribution is -1.91. The second-order valence-electron chi connectivity index (χ2n) is 3.13. The van der Waals surface area contributed by atoms with Crippen LogP contribution in [-0.4, -0.2) is 20.2 Å². The molecule has 0 unspecified atom stereocenters. The molecule has 72 valence electrons. The standard InChI is InChI=1S/C9H9ClN4/c1-5-3-6(2)7(11-4-5)8-12-9(10)14-13-8/h3-4H,1-2H3,(H,12,13,14). The van der Waals surface area contributed by atoms with E-state index in [1.807, 2.05) is 19.9 Å². The average Bonchev–Trinajstić information content (AvgIpc) is 2.51. The first-order valence-corrected chi connectivity index (χ1v) is 4.56. The summed E-state index contributed by atoms with van der Waals surface area (Å²) in [5, 5.41) is 6.80. The number of halogens is 1. The summed E-state index contributed by atoms with van der Waals surface area (Å²) in [5.41, 5.74) is 2.92. The van der Waals surface area contributed by atoms with Crippen molar-refractivity contribution in [3.05, 3.63) is 28.7 Å². The van der Waals surface area contributed by atoms with Gasteiger partial charge >= 0.3 is 0 Å². The van der Waals surface area contributed by atoms with Gasteiger partial charge in [0.2, 0.25) is 11.1 Å². The fourth-order valence-corrected chi connectivity index (χ4v) is 1.42. The Morgan fingerprint density at radius 1 is 1.36 bits per heavy atom. The third-order valence-corrected chi connectivity index (χ3v) is 2.05. The molecule has 0 spiro atoms. The summed E-state index contributed by atoms with van der Waals surface area (Å²) in [4.78, 5) is 8.27. The summed E-state index contributed by atoms with van der Waals surface area (Å²) in [7, 11) is 0. The van der Waals surface area contributed by atoms with Gasteiger partial charge in [-0.15, -0.1) is 0 Å². The maximum atomic E-state index is 5.64. The molecule has 2 aromatic heterocycles. The number of H-pyrrole nitrogens is 1. The molecule has 0 saturated heterocycles. The lowest BCUT2D eigenvalue weighted by atomic mass is 10.1. The summed E-state index contributed by atoms with van der Waals surface area (Å²) in [5.74, 6) is 0.535. The highest BCUT2D eigenvalue weighted by Gasteiger charge is 2.08. The van der Waals surface area contributed by atoms with Crippen LogP contribution < -0.4 is 0 Å². The monoisotopic (exact) mass is 208 g/mol. The molecule has 0 aliphatic carbocycles. The number of pyridine rings is 1. The first-order chi connectivity index (χ1) is 6.66. The van der Waals surface area contributed by atoms with Crippen LogP contribution in [0.3, 0.4) is 0 Å². The normalized spacial score (nSPS) is 10.5. The molecule has 0 bridgehead atoms.